The average Bonchev–Trinajstić information content (AvgIpc) is 2.48. The summed E-state index contributed by atoms with van der Waals surface area (Å²) in [6.07, 6.45) is 1.22. The van der Waals surface area contributed by atoms with Crippen LogP contribution in [0.3, 0.4) is 0 Å². The van der Waals surface area contributed by atoms with Gasteiger partial charge in [0.05, 0.1) is 23.6 Å². The molecule has 0 radical (unpaired) electrons. The van der Waals surface area contributed by atoms with Gasteiger partial charge in [0.15, 0.2) is 0 Å². The van der Waals surface area contributed by atoms with Crippen molar-refractivity contribution in [3.8, 4) is 0 Å². The number of methoxy groups -OCH3 is 1. The molecule has 2 rings (SSSR count). The fourth-order valence-electron chi connectivity index (χ4n) is 2.32. The number of piperidine rings is 1. The fraction of sp³-hybridized carbons (Fsp3) is 0.429. The summed E-state index contributed by atoms with van der Waals surface area (Å²) in [6.45, 7) is 1.03. The molecule has 1 aliphatic rings. The Bertz CT molecular complexity index is 525. The van der Waals surface area contributed by atoms with Crippen LogP contribution in [0.1, 0.15) is 23.2 Å². The molecular formula is C14H15Cl2NO3. The number of carbonyl (C=O) groups is 2. The van der Waals surface area contributed by atoms with Crippen molar-refractivity contribution in [1.82, 2.24) is 4.90 Å². The van der Waals surface area contributed by atoms with Gasteiger partial charge in [-0.05, 0) is 31.0 Å². The maximum Gasteiger partial charge on any atom is 0.308 e. The number of ether oxygens (including phenoxy) is 1. The molecule has 1 fully saturated rings. The first-order chi connectivity index (χ1) is 9.52. The van der Waals surface area contributed by atoms with Crippen molar-refractivity contribution in [3.63, 3.8) is 0 Å². The number of halogens is 2. The third-order valence-corrected chi connectivity index (χ3v) is 4.04. The van der Waals surface area contributed by atoms with E-state index in [0.717, 1.165) is 0 Å². The number of carbonyl (C=O) groups excluding carboxylic acids is 2. The molecule has 1 aliphatic heterocycles. The Morgan fingerprint density at radius 1 is 1.25 bits per heavy atom. The molecule has 1 aromatic rings. The lowest BCUT2D eigenvalue weighted by Crippen LogP contribution is -2.40. The molecule has 6 heteroatoms. The summed E-state index contributed by atoms with van der Waals surface area (Å²) in [7, 11) is 1.38. The molecule has 0 N–H and O–H groups in total. The van der Waals surface area contributed by atoms with Gasteiger partial charge in [0.1, 0.15) is 0 Å². The van der Waals surface area contributed by atoms with E-state index in [0.29, 0.717) is 41.5 Å². The zero-order valence-corrected chi connectivity index (χ0v) is 12.6. The molecule has 0 spiro atoms. The molecule has 1 aromatic carbocycles. The molecule has 0 unspecified atom stereocenters. The van der Waals surface area contributed by atoms with Crippen molar-refractivity contribution in [3.05, 3.63) is 33.8 Å². The number of likely N-dealkylation sites (tertiary alicyclic amines) is 1. The molecule has 0 atom stereocenters. The second-order valence-electron chi connectivity index (χ2n) is 4.71. The Kier molecular flexibility index (Phi) is 4.89. The number of benzene rings is 1. The van der Waals surface area contributed by atoms with Crippen molar-refractivity contribution < 1.29 is 14.3 Å². The van der Waals surface area contributed by atoms with Crippen LogP contribution in [0.4, 0.5) is 0 Å². The van der Waals surface area contributed by atoms with Crippen LogP contribution in [-0.4, -0.2) is 37.0 Å². The van der Waals surface area contributed by atoms with Crippen molar-refractivity contribution in [1.29, 1.82) is 0 Å². The summed E-state index contributed by atoms with van der Waals surface area (Å²) in [6, 6.07) is 4.82. The first-order valence-corrected chi connectivity index (χ1v) is 7.10. The van der Waals surface area contributed by atoms with Crippen LogP contribution in [0, 0.1) is 5.92 Å². The third kappa shape index (κ3) is 3.25. The Morgan fingerprint density at radius 3 is 2.50 bits per heavy atom. The summed E-state index contributed by atoms with van der Waals surface area (Å²) in [4.78, 5) is 25.5. The van der Waals surface area contributed by atoms with Gasteiger partial charge in [-0.2, -0.15) is 0 Å². The van der Waals surface area contributed by atoms with E-state index in [1.165, 1.54) is 7.11 Å². The predicted octanol–water partition coefficient (Wildman–Crippen LogP) is 3.02. The molecule has 20 heavy (non-hydrogen) atoms. The van der Waals surface area contributed by atoms with Crippen LogP contribution < -0.4 is 0 Å². The zero-order chi connectivity index (χ0) is 14.7. The zero-order valence-electron chi connectivity index (χ0n) is 11.1. The molecule has 4 nitrogen and oxygen atoms in total. The number of amides is 1. The van der Waals surface area contributed by atoms with Gasteiger partial charge in [-0.25, -0.2) is 0 Å². The van der Waals surface area contributed by atoms with Crippen LogP contribution in [0.25, 0.3) is 0 Å². The van der Waals surface area contributed by atoms with Crippen LogP contribution in [-0.2, 0) is 9.53 Å². The largest absolute Gasteiger partial charge is 0.469 e. The Hall–Kier alpha value is -1.26. The average molecular weight is 316 g/mol. The van der Waals surface area contributed by atoms with Gasteiger partial charge in [0.2, 0.25) is 0 Å². The standard InChI is InChI=1S/C14H15Cl2NO3/c1-20-14(19)9-4-6-17(7-5-9)13(18)11-8-10(15)2-3-12(11)16/h2-3,8-9H,4-7H2,1H3. The summed E-state index contributed by atoms with van der Waals surface area (Å²) >= 11 is 11.9. The van der Waals surface area contributed by atoms with E-state index in [9.17, 15) is 9.59 Å². The van der Waals surface area contributed by atoms with Crippen molar-refractivity contribution in [2.75, 3.05) is 20.2 Å². The van der Waals surface area contributed by atoms with Crippen LogP contribution >= 0.6 is 23.2 Å². The Labute approximate surface area is 127 Å². The lowest BCUT2D eigenvalue weighted by Gasteiger charge is -2.31. The molecule has 1 saturated heterocycles. The maximum atomic E-state index is 12.4. The van der Waals surface area contributed by atoms with E-state index in [1.54, 1.807) is 23.1 Å². The van der Waals surface area contributed by atoms with E-state index in [4.69, 9.17) is 27.9 Å². The van der Waals surface area contributed by atoms with E-state index in [2.05, 4.69) is 0 Å². The number of hydrogen-bond acceptors (Lipinski definition) is 3. The van der Waals surface area contributed by atoms with Gasteiger partial charge in [-0.15, -0.1) is 0 Å². The highest BCUT2D eigenvalue weighted by Crippen LogP contribution is 2.25. The lowest BCUT2D eigenvalue weighted by molar-refractivity contribution is -0.146. The Morgan fingerprint density at radius 2 is 1.90 bits per heavy atom. The highest BCUT2D eigenvalue weighted by atomic mass is 35.5. The van der Waals surface area contributed by atoms with Crippen LogP contribution in [0.2, 0.25) is 10.0 Å². The minimum Gasteiger partial charge on any atom is -0.469 e. The summed E-state index contributed by atoms with van der Waals surface area (Å²) in [5.74, 6) is -0.488. The summed E-state index contributed by atoms with van der Waals surface area (Å²) in [5, 5.41) is 0.858. The van der Waals surface area contributed by atoms with Gasteiger partial charge < -0.3 is 9.64 Å². The van der Waals surface area contributed by atoms with Gasteiger partial charge >= 0.3 is 5.97 Å². The highest BCUT2D eigenvalue weighted by molar-refractivity contribution is 6.35. The number of rotatable bonds is 2. The summed E-state index contributed by atoms with van der Waals surface area (Å²) < 4.78 is 4.72. The van der Waals surface area contributed by atoms with Crippen LogP contribution in [0.5, 0.6) is 0 Å². The number of hydrogen-bond donors (Lipinski definition) is 0. The quantitative estimate of drug-likeness (QED) is 0.788. The second-order valence-corrected chi connectivity index (χ2v) is 5.56. The smallest absolute Gasteiger partial charge is 0.308 e. The molecule has 0 bridgehead atoms. The van der Waals surface area contributed by atoms with E-state index >= 15 is 0 Å². The molecule has 1 amide bonds. The molecule has 108 valence electrons. The van der Waals surface area contributed by atoms with E-state index < -0.39 is 0 Å². The lowest BCUT2D eigenvalue weighted by atomic mass is 9.96. The molecule has 0 saturated carbocycles. The number of nitrogens with zero attached hydrogens (tertiary/aromatic N) is 1. The van der Waals surface area contributed by atoms with Gasteiger partial charge in [-0.1, -0.05) is 23.2 Å². The predicted molar refractivity (Wildman–Crippen MR) is 77.1 cm³/mol. The first-order valence-electron chi connectivity index (χ1n) is 6.35. The maximum absolute atomic E-state index is 12.4. The Balaban J connectivity index is 2.05. The van der Waals surface area contributed by atoms with Crippen molar-refractivity contribution in [2.45, 2.75) is 12.8 Å². The van der Waals surface area contributed by atoms with Gasteiger partial charge in [-0.3, -0.25) is 9.59 Å². The minimum atomic E-state index is -0.210. The summed E-state index contributed by atoms with van der Waals surface area (Å²) in [5.41, 5.74) is 0.399. The number of esters is 1. The van der Waals surface area contributed by atoms with Gasteiger partial charge in [0.25, 0.3) is 5.91 Å². The van der Waals surface area contributed by atoms with Crippen molar-refractivity contribution >= 4 is 35.1 Å². The van der Waals surface area contributed by atoms with Gasteiger partial charge in [0, 0.05) is 18.1 Å². The second kappa shape index (κ2) is 6.46. The highest BCUT2D eigenvalue weighted by Gasteiger charge is 2.29. The SMILES string of the molecule is COC(=O)C1CCN(C(=O)c2cc(Cl)ccc2Cl)CC1. The van der Waals surface area contributed by atoms with Crippen LogP contribution in [0.15, 0.2) is 18.2 Å². The monoisotopic (exact) mass is 315 g/mol. The van der Waals surface area contributed by atoms with E-state index in [-0.39, 0.29) is 17.8 Å². The molecule has 0 aromatic heterocycles. The van der Waals surface area contributed by atoms with Crippen molar-refractivity contribution in [2.24, 2.45) is 5.92 Å². The topological polar surface area (TPSA) is 46.6 Å². The normalized spacial score (nSPS) is 16.1. The minimum absolute atomic E-state index is 0.126. The molecular weight excluding hydrogens is 301 g/mol. The third-order valence-electron chi connectivity index (χ3n) is 3.48. The first kappa shape index (κ1) is 15.1. The molecule has 0 aliphatic carbocycles. The fourth-order valence-corrected chi connectivity index (χ4v) is 2.69. The molecule has 1 heterocycles. The van der Waals surface area contributed by atoms with E-state index in [1.807, 2.05) is 0 Å².